The largest absolute Gasteiger partial charge is 0.340 e. The third-order valence-electron chi connectivity index (χ3n) is 4.27. The van der Waals surface area contributed by atoms with E-state index in [1.165, 1.54) is 32.1 Å². The summed E-state index contributed by atoms with van der Waals surface area (Å²) in [6, 6.07) is 0. The Balaban J connectivity index is 1.84. The molecule has 0 aromatic heterocycles. The lowest BCUT2D eigenvalue weighted by molar-refractivity contribution is -0.137. The number of carbonyl (C=O) groups excluding carboxylic acids is 1. The van der Waals surface area contributed by atoms with Gasteiger partial charge >= 0.3 is 0 Å². The predicted molar refractivity (Wildman–Crippen MR) is 69.9 cm³/mol. The monoisotopic (exact) mass is 238 g/mol. The molecule has 0 aromatic carbocycles. The Morgan fingerprint density at radius 3 is 2.00 bits per heavy atom. The smallest absolute Gasteiger partial charge is 0.225 e. The lowest BCUT2D eigenvalue weighted by Crippen LogP contribution is -2.49. The molecule has 2 aliphatic rings. The van der Waals surface area contributed by atoms with Crippen molar-refractivity contribution in [3.8, 4) is 0 Å². The molecule has 1 aliphatic carbocycles. The first-order valence-corrected chi connectivity index (χ1v) is 7.25. The Labute approximate surface area is 105 Å². The van der Waals surface area contributed by atoms with E-state index in [1.807, 2.05) is 0 Å². The molecule has 98 valence electrons. The van der Waals surface area contributed by atoms with E-state index in [1.54, 1.807) is 0 Å². The van der Waals surface area contributed by atoms with Crippen LogP contribution >= 0.6 is 0 Å². The van der Waals surface area contributed by atoms with E-state index in [2.05, 4.69) is 16.8 Å². The van der Waals surface area contributed by atoms with E-state index in [4.69, 9.17) is 0 Å². The second-order valence-corrected chi connectivity index (χ2v) is 5.67. The average Bonchev–Trinajstić information content (AvgIpc) is 2.29. The minimum atomic E-state index is 0.332. The number of rotatable bonds is 1. The molecule has 0 spiro atoms. The van der Waals surface area contributed by atoms with Gasteiger partial charge in [-0.15, -0.1) is 0 Å². The van der Waals surface area contributed by atoms with Crippen LogP contribution in [0.4, 0.5) is 0 Å². The van der Waals surface area contributed by atoms with E-state index in [-0.39, 0.29) is 0 Å². The van der Waals surface area contributed by atoms with Crippen molar-refractivity contribution in [3.05, 3.63) is 0 Å². The quantitative estimate of drug-likeness (QED) is 0.698. The first-order chi connectivity index (χ1) is 8.27. The maximum atomic E-state index is 12.4. The number of piperazine rings is 1. The van der Waals surface area contributed by atoms with Crippen molar-refractivity contribution in [1.29, 1.82) is 0 Å². The highest BCUT2D eigenvalue weighted by Crippen LogP contribution is 2.24. The van der Waals surface area contributed by atoms with Crippen LogP contribution < -0.4 is 0 Å². The van der Waals surface area contributed by atoms with Gasteiger partial charge in [0, 0.05) is 32.1 Å². The summed E-state index contributed by atoms with van der Waals surface area (Å²) in [5.41, 5.74) is 0. The molecule has 0 atom stereocenters. The summed E-state index contributed by atoms with van der Waals surface area (Å²) in [7, 11) is 2.14. The van der Waals surface area contributed by atoms with Gasteiger partial charge in [-0.2, -0.15) is 0 Å². The van der Waals surface area contributed by atoms with E-state index >= 15 is 0 Å². The van der Waals surface area contributed by atoms with Crippen molar-refractivity contribution in [1.82, 2.24) is 9.80 Å². The van der Waals surface area contributed by atoms with Gasteiger partial charge in [-0.25, -0.2) is 0 Å². The number of likely N-dealkylation sites (N-methyl/N-ethyl adjacent to an activating group) is 1. The van der Waals surface area contributed by atoms with Crippen molar-refractivity contribution in [2.45, 2.75) is 44.9 Å². The fourth-order valence-corrected chi connectivity index (χ4v) is 2.99. The molecular formula is C14H26N2O. The zero-order chi connectivity index (χ0) is 12.1. The molecule has 3 nitrogen and oxygen atoms in total. The fourth-order valence-electron chi connectivity index (χ4n) is 2.99. The second-order valence-electron chi connectivity index (χ2n) is 5.67. The molecular weight excluding hydrogens is 212 g/mol. The fraction of sp³-hybridized carbons (Fsp3) is 0.929. The van der Waals surface area contributed by atoms with Gasteiger partial charge < -0.3 is 9.80 Å². The highest BCUT2D eigenvalue weighted by molar-refractivity contribution is 5.79. The first kappa shape index (κ1) is 12.9. The highest BCUT2D eigenvalue weighted by atomic mass is 16.2. The number of carbonyl (C=O) groups is 1. The van der Waals surface area contributed by atoms with Crippen LogP contribution in [-0.4, -0.2) is 48.9 Å². The minimum Gasteiger partial charge on any atom is -0.340 e. The molecule has 1 heterocycles. The summed E-state index contributed by atoms with van der Waals surface area (Å²) in [5, 5.41) is 0. The lowest BCUT2D eigenvalue weighted by Gasteiger charge is -2.35. The molecule has 1 saturated heterocycles. The SMILES string of the molecule is CN1CCN(C(=O)C2CCCCCCC2)CC1. The summed E-state index contributed by atoms with van der Waals surface area (Å²) >= 11 is 0. The number of amides is 1. The van der Waals surface area contributed by atoms with Gasteiger partial charge in [-0.3, -0.25) is 4.79 Å². The van der Waals surface area contributed by atoms with Crippen LogP contribution in [-0.2, 0) is 4.79 Å². The third-order valence-corrected chi connectivity index (χ3v) is 4.27. The average molecular weight is 238 g/mol. The van der Waals surface area contributed by atoms with Crippen LogP contribution in [0.5, 0.6) is 0 Å². The van der Waals surface area contributed by atoms with Crippen LogP contribution in [0.3, 0.4) is 0 Å². The van der Waals surface area contributed by atoms with E-state index in [9.17, 15) is 4.79 Å². The normalized spacial score (nSPS) is 25.4. The second kappa shape index (κ2) is 6.39. The molecule has 3 heteroatoms. The molecule has 0 aromatic rings. The van der Waals surface area contributed by atoms with Crippen molar-refractivity contribution >= 4 is 5.91 Å². The van der Waals surface area contributed by atoms with Crippen LogP contribution in [0.15, 0.2) is 0 Å². The van der Waals surface area contributed by atoms with Gasteiger partial charge in [0.25, 0.3) is 0 Å². The zero-order valence-corrected chi connectivity index (χ0v) is 11.2. The molecule has 1 amide bonds. The van der Waals surface area contributed by atoms with E-state index < -0.39 is 0 Å². The third kappa shape index (κ3) is 3.70. The summed E-state index contributed by atoms with van der Waals surface area (Å²) in [6.45, 7) is 3.95. The number of hydrogen-bond acceptors (Lipinski definition) is 2. The Bertz CT molecular complexity index is 239. The Kier molecular flexibility index (Phi) is 4.84. The Morgan fingerprint density at radius 1 is 0.882 bits per heavy atom. The zero-order valence-electron chi connectivity index (χ0n) is 11.2. The molecule has 17 heavy (non-hydrogen) atoms. The summed E-state index contributed by atoms with van der Waals surface area (Å²) in [4.78, 5) is 16.8. The van der Waals surface area contributed by atoms with Crippen molar-refractivity contribution in [3.63, 3.8) is 0 Å². The Morgan fingerprint density at radius 2 is 1.41 bits per heavy atom. The molecule has 0 unspecified atom stereocenters. The van der Waals surface area contributed by atoms with Gasteiger partial charge in [0.15, 0.2) is 0 Å². The maximum absolute atomic E-state index is 12.4. The van der Waals surface area contributed by atoms with Gasteiger partial charge in [-0.1, -0.05) is 32.1 Å². The molecule has 2 rings (SSSR count). The van der Waals surface area contributed by atoms with Crippen LogP contribution in [0.2, 0.25) is 0 Å². The summed E-state index contributed by atoms with van der Waals surface area (Å²) < 4.78 is 0. The van der Waals surface area contributed by atoms with Crippen molar-refractivity contribution in [2.75, 3.05) is 33.2 Å². The van der Waals surface area contributed by atoms with Crippen LogP contribution in [0, 0.1) is 5.92 Å². The van der Waals surface area contributed by atoms with Gasteiger partial charge in [0.1, 0.15) is 0 Å². The summed E-state index contributed by atoms with van der Waals surface area (Å²) in [6.07, 6.45) is 8.79. The van der Waals surface area contributed by atoms with Crippen LogP contribution in [0.1, 0.15) is 44.9 Å². The van der Waals surface area contributed by atoms with Crippen molar-refractivity contribution in [2.24, 2.45) is 5.92 Å². The topological polar surface area (TPSA) is 23.6 Å². The predicted octanol–water partition coefficient (Wildman–Crippen LogP) is 2.12. The molecule has 1 aliphatic heterocycles. The van der Waals surface area contributed by atoms with Crippen molar-refractivity contribution < 1.29 is 4.79 Å². The van der Waals surface area contributed by atoms with Gasteiger partial charge in [0.2, 0.25) is 5.91 Å². The molecule has 0 N–H and O–H groups in total. The van der Waals surface area contributed by atoms with Gasteiger partial charge in [0.05, 0.1) is 0 Å². The number of nitrogens with zero attached hydrogens (tertiary/aromatic N) is 2. The van der Waals surface area contributed by atoms with E-state index in [0.717, 1.165) is 39.0 Å². The number of hydrogen-bond donors (Lipinski definition) is 0. The maximum Gasteiger partial charge on any atom is 0.225 e. The Hall–Kier alpha value is -0.570. The van der Waals surface area contributed by atoms with E-state index in [0.29, 0.717) is 11.8 Å². The standard InChI is InChI=1S/C14H26N2O/c1-15-9-11-16(12-10-15)14(17)13-7-5-3-2-4-6-8-13/h13H,2-12H2,1H3. The van der Waals surface area contributed by atoms with Gasteiger partial charge in [-0.05, 0) is 19.9 Å². The molecule has 2 fully saturated rings. The summed E-state index contributed by atoms with van der Waals surface area (Å²) in [5.74, 6) is 0.777. The minimum absolute atomic E-state index is 0.332. The molecule has 0 radical (unpaired) electrons. The molecule has 0 bridgehead atoms. The molecule has 1 saturated carbocycles. The van der Waals surface area contributed by atoms with Crippen LogP contribution in [0.25, 0.3) is 0 Å². The first-order valence-electron chi connectivity index (χ1n) is 7.25. The lowest BCUT2D eigenvalue weighted by atomic mass is 9.90. The highest BCUT2D eigenvalue weighted by Gasteiger charge is 2.26.